The number of rotatable bonds is 40. The van der Waals surface area contributed by atoms with Crippen molar-refractivity contribution in [3.63, 3.8) is 0 Å². The second kappa shape index (κ2) is 70.5. The molecule has 0 unspecified atom stereocenters. The molecule has 0 saturated heterocycles. The maximum Gasteiger partial charge on any atom is 4.00 e. The van der Waals surface area contributed by atoms with E-state index in [1.807, 2.05) is 0 Å². The smallest absolute Gasteiger partial charge is 0.662 e. The second-order valence-electron chi connectivity index (χ2n) is 15.2. The molecule has 0 radical (unpaired) electrons. The monoisotopic (exact) mass is 917 g/mol. The Morgan fingerprint density at radius 3 is 0.377 bits per heavy atom. The maximum atomic E-state index is 4.51. The van der Waals surface area contributed by atoms with Gasteiger partial charge in [0.2, 0.25) is 0 Å². The second-order valence-corrected chi connectivity index (χ2v) is 15.2. The quantitative estimate of drug-likeness (QED) is 0.0434. The van der Waals surface area contributed by atoms with E-state index in [1.165, 1.54) is 205 Å². The summed E-state index contributed by atoms with van der Waals surface area (Å²) in [5.41, 5.74) is 0. The number of unbranched alkanes of at least 4 members (excludes halogenated alkanes) is 24. The van der Waals surface area contributed by atoms with Gasteiger partial charge in [-0.2, -0.15) is 0 Å². The molecule has 0 heterocycles. The fourth-order valence-corrected chi connectivity index (χ4v) is 5.65. The molecule has 0 rings (SSSR count). The molecular weight excluding hydrogens is 811 g/mol. The van der Waals surface area contributed by atoms with Crippen molar-refractivity contribution in [3.05, 3.63) is 21.3 Å². The minimum absolute atomic E-state index is 0. The predicted molar refractivity (Wildman–Crippen MR) is 246 cm³/mol. The third kappa shape index (κ3) is 81.8. The van der Waals surface area contributed by atoms with Crippen LogP contribution in [0.4, 0.5) is 0 Å². The summed E-state index contributed by atoms with van der Waals surface area (Å²) in [6.07, 6.45) is 43.1. The summed E-state index contributed by atoms with van der Waals surface area (Å²) in [6.45, 7) is 26.8. The molecule has 0 atom stereocenters. The Hall–Kier alpha value is 0.710. The molecule has 4 nitrogen and oxygen atoms in total. The fraction of sp³-hybridized carbons (Fsp3) is 1.00. The summed E-state index contributed by atoms with van der Waals surface area (Å²) < 4.78 is 0. The van der Waals surface area contributed by atoms with E-state index in [0.717, 1.165) is 52.4 Å². The molecule has 5 heteroatoms. The molecule has 0 aliphatic carbocycles. The largest absolute Gasteiger partial charge is 4.00 e. The van der Waals surface area contributed by atoms with E-state index in [9.17, 15) is 0 Å². The van der Waals surface area contributed by atoms with Gasteiger partial charge in [0.05, 0.1) is 0 Å². The van der Waals surface area contributed by atoms with E-state index in [0.29, 0.717) is 0 Å². The molecule has 0 fully saturated rings. The van der Waals surface area contributed by atoms with Crippen LogP contribution >= 0.6 is 0 Å². The van der Waals surface area contributed by atoms with Gasteiger partial charge in [0.25, 0.3) is 0 Å². The van der Waals surface area contributed by atoms with Gasteiger partial charge in [-0.3, -0.25) is 0 Å². The van der Waals surface area contributed by atoms with Crippen molar-refractivity contribution in [2.75, 3.05) is 52.4 Å². The van der Waals surface area contributed by atoms with Crippen LogP contribution in [-0.2, 0) is 25.8 Å². The van der Waals surface area contributed by atoms with Gasteiger partial charge in [0.15, 0.2) is 0 Å². The first kappa shape index (κ1) is 62.9. The molecule has 0 amide bonds. The molecule has 0 aromatic rings. The molecule has 0 aromatic heterocycles. The Morgan fingerprint density at radius 2 is 0.283 bits per heavy atom. The van der Waals surface area contributed by atoms with Gasteiger partial charge in [-0.25, -0.2) is 0 Å². The number of hydrogen-bond acceptors (Lipinski definition) is 0. The topological polar surface area (TPSA) is 56.4 Å². The Kier molecular flexibility index (Phi) is 83.7. The van der Waals surface area contributed by atoms with Crippen molar-refractivity contribution in [1.82, 2.24) is 0 Å². The predicted octanol–water partition coefficient (Wildman–Crippen LogP) is 18.1. The molecule has 0 aromatic carbocycles. The first-order valence-electron chi connectivity index (χ1n) is 24.2. The summed E-state index contributed by atoms with van der Waals surface area (Å²) in [5, 5.41) is 18.1. The Balaban J connectivity index is -0.000000192. The van der Waals surface area contributed by atoms with Gasteiger partial charge < -0.3 is 21.3 Å². The maximum absolute atomic E-state index is 4.51. The average molecular weight is 916 g/mol. The van der Waals surface area contributed by atoms with Gasteiger partial charge in [-0.1, -0.05) is 261 Å². The minimum Gasteiger partial charge on any atom is -0.662 e. The molecule has 0 spiro atoms. The van der Waals surface area contributed by atoms with Crippen LogP contribution in [0, 0.1) is 0 Å². The van der Waals surface area contributed by atoms with Crippen LogP contribution in [0.1, 0.15) is 261 Å². The van der Waals surface area contributed by atoms with Gasteiger partial charge >= 0.3 is 25.8 Å². The minimum atomic E-state index is 0. The third-order valence-corrected chi connectivity index (χ3v) is 9.36. The summed E-state index contributed by atoms with van der Waals surface area (Å²) in [5.74, 6) is 0. The summed E-state index contributed by atoms with van der Waals surface area (Å²) >= 11 is 0. The van der Waals surface area contributed by atoms with Gasteiger partial charge in [-0.15, -0.1) is 52.4 Å². The number of hydrogen-bond donors (Lipinski definition) is 0. The van der Waals surface area contributed by atoms with E-state index < -0.39 is 0 Å². The van der Waals surface area contributed by atoms with E-state index in [-0.39, 0.29) is 25.8 Å². The molecule has 0 N–H and O–H groups in total. The van der Waals surface area contributed by atoms with Gasteiger partial charge in [0, 0.05) is 0 Å². The van der Waals surface area contributed by atoms with Crippen LogP contribution in [0.5, 0.6) is 0 Å². The molecular formula is C48H104HfN4. The van der Waals surface area contributed by atoms with E-state index in [4.69, 9.17) is 0 Å². The first-order valence-corrected chi connectivity index (χ1v) is 24.2. The molecule has 0 bridgehead atoms. The zero-order valence-electron chi connectivity index (χ0n) is 38.6. The molecule has 53 heavy (non-hydrogen) atoms. The van der Waals surface area contributed by atoms with Crippen LogP contribution < -0.4 is 0 Å². The summed E-state index contributed by atoms with van der Waals surface area (Å²) in [7, 11) is 0. The van der Waals surface area contributed by atoms with Crippen molar-refractivity contribution >= 4 is 0 Å². The molecule has 0 saturated carbocycles. The standard InChI is InChI=1S/4C12H26N.Hf/c4*1-3-5-7-9-11-13-12-10-8-6-4-2;/h4*3-12H2,1-2H3;/q4*-1;+4. The van der Waals surface area contributed by atoms with Crippen molar-refractivity contribution in [2.24, 2.45) is 0 Å². The fourth-order valence-electron chi connectivity index (χ4n) is 5.65. The van der Waals surface area contributed by atoms with Crippen molar-refractivity contribution in [1.29, 1.82) is 0 Å². The zero-order chi connectivity index (χ0) is 39.1. The van der Waals surface area contributed by atoms with Crippen LogP contribution in [0.25, 0.3) is 21.3 Å². The van der Waals surface area contributed by atoms with Crippen molar-refractivity contribution < 1.29 is 25.8 Å². The van der Waals surface area contributed by atoms with Crippen molar-refractivity contribution in [2.45, 2.75) is 261 Å². The van der Waals surface area contributed by atoms with Crippen molar-refractivity contribution in [3.8, 4) is 0 Å². The summed E-state index contributed by atoms with van der Waals surface area (Å²) in [4.78, 5) is 0. The Labute approximate surface area is 358 Å². The number of nitrogens with zero attached hydrogens (tertiary/aromatic N) is 4. The average Bonchev–Trinajstić information content (AvgIpc) is 3.16. The van der Waals surface area contributed by atoms with E-state index in [2.05, 4.69) is 76.7 Å². The molecule has 0 aliphatic heterocycles. The van der Waals surface area contributed by atoms with E-state index in [1.54, 1.807) is 0 Å². The molecule has 0 aliphatic rings. The third-order valence-electron chi connectivity index (χ3n) is 9.36. The summed E-state index contributed by atoms with van der Waals surface area (Å²) in [6, 6.07) is 0. The van der Waals surface area contributed by atoms with Gasteiger partial charge in [0.1, 0.15) is 0 Å². The van der Waals surface area contributed by atoms with Crippen LogP contribution in [0.15, 0.2) is 0 Å². The first-order chi connectivity index (χ1) is 25.7. The van der Waals surface area contributed by atoms with Crippen LogP contribution in [0.2, 0.25) is 0 Å². The zero-order valence-corrected chi connectivity index (χ0v) is 42.2. The SMILES string of the molecule is CCCCCC[N-]CCCCCC.CCCCCC[N-]CCCCCC.CCCCCC[N-]CCCCCC.CCCCCC[N-]CCCCCC.[Hf+4]. The van der Waals surface area contributed by atoms with Crippen LogP contribution in [0.3, 0.4) is 0 Å². The normalized spacial score (nSPS) is 10.4. The van der Waals surface area contributed by atoms with Gasteiger partial charge in [-0.05, 0) is 0 Å². The van der Waals surface area contributed by atoms with Crippen LogP contribution in [-0.4, -0.2) is 52.4 Å². The van der Waals surface area contributed by atoms with E-state index >= 15 is 0 Å². The Morgan fingerprint density at radius 1 is 0.170 bits per heavy atom. The Bertz CT molecular complexity index is 380. The molecule has 320 valence electrons.